The Morgan fingerprint density at radius 3 is 1.16 bits per heavy atom. The topological polar surface area (TPSA) is 0 Å². The van der Waals surface area contributed by atoms with Crippen molar-refractivity contribution >= 4 is 12.2 Å². The molecule has 0 spiro atoms. The van der Waals surface area contributed by atoms with Crippen molar-refractivity contribution in [1.29, 1.82) is 0 Å². The lowest BCUT2D eigenvalue weighted by molar-refractivity contribution is 0.589. The second-order valence-corrected chi connectivity index (χ2v) is 11.1. The van der Waals surface area contributed by atoms with Gasteiger partial charge in [-0.2, -0.15) is 0 Å². The molecule has 0 heterocycles. The van der Waals surface area contributed by atoms with E-state index in [4.69, 9.17) is 0 Å². The number of unbranched alkanes of at least 4 members (excludes halogenated alkanes) is 12. The van der Waals surface area contributed by atoms with E-state index in [0.717, 1.165) is 0 Å². The summed E-state index contributed by atoms with van der Waals surface area (Å²) in [7, 11) is 0. The molecule has 0 fully saturated rings. The third kappa shape index (κ3) is 16.0. The summed E-state index contributed by atoms with van der Waals surface area (Å²) in [6, 6.07) is 13.8. The van der Waals surface area contributed by atoms with E-state index < -0.39 is 0 Å². The first kappa shape index (κ1) is 33.9. The molecule has 38 heavy (non-hydrogen) atoms. The molecule has 0 amide bonds. The fraction of sp³-hybridized carbons (Fsp3) is 0.579. The smallest absolute Gasteiger partial charge is 0.0228 e. The highest BCUT2D eigenvalue weighted by atomic mass is 14.1. The van der Waals surface area contributed by atoms with Gasteiger partial charge >= 0.3 is 0 Å². The van der Waals surface area contributed by atoms with E-state index in [2.05, 4.69) is 102 Å². The highest BCUT2D eigenvalue weighted by Gasteiger charge is 2.00. The van der Waals surface area contributed by atoms with E-state index in [0.29, 0.717) is 0 Å². The van der Waals surface area contributed by atoms with Crippen LogP contribution in [0.4, 0.5) is 0 Å². The minimum absolute atomic E-state index is 1.23. The summed E-state index contributed by atoms with van der Waals surface area (Å²) in [5.74, 6) is 0. The Morgan fingerprint density at radius 1 is 0.474 bits per heavy atom. The van der Waals surface area contributed by atoms with Crippen LogP contribution in [0.2, 0.25) is 0 Å². The van der Waals surface area contributed by atoms with Crippen molar-refractivity contribution in [2.75, 3.05) is 0 Å². The van der Waals surface area contributed by atoms with E-state index in [1.807, 2.05) is 0 Å². The molecule has 0 nitrogen and oxygen atoms in total. The number of aryl methyl sites for hydroxylation is 4. The molecule has 0 bridgehead atoms. The van der Waals surface area contributed by atoms with Gasteiger partial charge in [-0.05, 0) is 86.8 Å². The van der Waals surface area contributed by atoms with E-state index in [1.165, 1.54) is 136 Å². The maximum absolute atomic E-state index is 2.35. The minimum Gasteiger partial charge on any atom is -0.0871 e. The fourth-order valence-electron chi connectivity index (χ4n) is 4.98. The molecule has 2 rings (SSSR count). The van der Waals surface area contributed by atoms with Crippen LogP contribution in [0.15, 0.2) is 48.6 Å². The number of benzene rings is 2. The third-order valence-electron chi connectivity index (χ3n) is 7.52. The second-order valence-electron chi connectivity index (χ2n) is 11.1. The predicted molar refractivity (Wildman–Crippen MR) is 175 cm³/mol. The quantitative estimate of drug-likeness (QED) is 0.173. The van der Waals surface area contributed by atoms with E-state index >= 15 is 0 Å². The van der Waals surface area contributed by atoms with E-state index in [9.17, 15) is 0 Å². The molecule has 0 N–H and O–H groups in total. The normalized spacial score (nSPS) is 11.3. The molecule has 0 saturated carbocycles. The van der Waals surface area contributed by atoms with Gasteiger partial charge in [0.2, 0.25) is 0 Å². The van der Waals surface area contributed by atoms with Gasteiger partial charge in [-0.25, -0.2) is 0 Å². The lowest BCUT2D eigenvalue weighted by Crippen LogP contribution is -1.89. The van der Waals surface area contributed by atoms with Crippen molar-refractivity contribution in [3.63, 3.8) is 0 Å². The molecule has 0 aliphatic carbocycles. The molecular formula is C38H60. The zero-order valence-electron chi connectivity index (χ0n) is 26.1. The van der Waals surface area contributed by atoms with Crippen LogP contribution in [0.1, 0.15) is 151 Å². The Labute approximate surface area is 238 Å². The van der Waals surface area contributed by atoms with Crippen LogP contribution >= 0.6 is 0 Å². The molecule has 0 heteroatoms. The van der Waals surface area contributed by atoms with Crippen LogP contribution in [0.5, 0.6) is 0 Å². The van der Waals surface area contributed by atoms with E-state index in [-0.39, 0.29) is 0 Å². The van der Waals surface area contributed by atoms with Crippen LogP contribution in [-0.4, -0.2) is 0 Å². The number of hydrogen-bond donors (Lipinski definition) is 0. The van der Waals surface area contributed by atoms with Gasteiger partial charge in [0.1, 0.15) is 0 Å². The van der Waals surface area contributed by atoms with Gasteiger partial charge in [-0.1, -0.05) is 152 Å². The SMILES string of the molecule is C/C=C\c1cc(CCCCCCCCC)ccc1C.C/C=C\c1cc(CCCCCCCCC)ccc1C. The van der Waals surface area contributed by atoms with Gasteiger partial charge in [0.05, 0.1) is 0 Å². The first-order valence-electron chi connectivity index (χ1n) is 16.0. The number of allylic oxidation sites excluding steroid dienone is 2. The summed E-state index contributed by atoms with van der Waals surface area (Å²) in [5, 5.41) is 0. The van der Waals surface area contributed by atoms with Crippen molar-refractivity contribution in [2.45, 2.75) is 144 Å². The first-order chi connectivity index (χ1) is 18.5. The maximum atomic E-state index is 2.35. The number of hydrogen-bond acceptors (Lipinski definition) is 0. The maximum Gasteiger partial charge on any atom is -0.0228 e. The molecule has 0 aliphatic heterocycles. The molecule has 0 saturated heterocycles. The molecule has 212 valence electrons. The standard InChI is InChI=1S/2C19H30/c2*1-4-6-7-8-9-10-11-13-18-15-14-17(3)19(16-18)12-5-2/h2*5,12,14-16H,4,6-11,13H2,1-3H3/b2*12-5-. The zero-order valence-corrected chi connectivity index (χ0v) is 26.1. The monoisotopic (exact) mass is 516 g/mol. The van der Waals surface area contributed by atoms with E-state index in [1.54, 1.807) is 0 Å². The van der Waals surface area contributed by atoms with Gasteiger partial charge in [0, 0.05) is 0 Å². The molecule has 2 aromatic rings. The minimum atomic E-state index is 1.23. The fourth-order valence-corrected chi connectivity index (χ4v) is 4.98. The molecule has 0 radical (unpaired) electrons. The Balaban J connectivity index is 0.000000380. The van der Waals surface area contributed by atoms with Crippen molar-refractivity contribution in [3.05, 3.63) is 81.9 Å². The molecule has 0 aromatic heterocycles. The Bertz CT molecular complexity index is 823. The van der Waals surface area contributed by atoms with Crippen molar-refractivity contribution in [2.24, 2.45) is 0 Å². The van der Waals surface area contributed by atoms with Gasteiger partial charge in [0.25, 0.3) is 0 Å². The van der Waals surface area contributed by atoms with Crippen LogP contribution in [0, 0.1) is 13.8 Å². The lowest BCUT2D eigenvalue weighted by atomic mass is 10.00. The number of rotatable bonds is 18. The summed E-state index contributed by atoms with van der Waals surface area (Å²) in [5.41, 5.74) is 8.49. The average molecular weight is 517 g/mol. The molecular weight excluding hydrogens is 456 g/mol. The lowest BCUT2D eigenvalue weighted by Gasteiger charge is -2.06. The van der Waals surface area contributed by atoms with Gasteiger partial charge in [-0.3, -0.25) is 0 Å². The predicted octanol–water partition coefficient (Wildman–Crippen LogP) is 12.6. The first-order valence-corrected chi connectivity index (χ1v) is 16.0. The second kappa shape index (κ2) is 22.9. The van der Waals surface area contributed by atoms with Gasteiger partial charge in [0.15, 0.2) is 0 Å². The van der Waals surface area contributed by atoms with Crippen LogP contribution in [0.3, 0.4) is 0 Å². The highest BCUT2D eigenvalue weighted by Crippen LogP contribution is 2.17. The summed E-state index contributed by atoms with van der Waals surface area (Å²) < 4.78 is 0. The molecule has 0 unspecified atom stereocenters. The molecule has 0 atom stereocenters. The van der Waals surface area contributed by atoms with Crippen LogP contribution in [-0.2, 0) is 12.8 Å². The van der Waals surface area contributed by atoms with Crippen LogP contribution in [0.25, 0.3) is 12.2 Å². The van der Waals surface area contributed by atoms with Crippen LogP contribution < -0.4 is 0 Å². The van der Waals surface area contributed by atoms with Gasteiger partial charge < -0.3 is 0 Å². The summed E-state index contributed by atoms with van der Waals surface area (Å²) >= 11 is 0. The Kier molecular flexibility index (Phi) is 20.4. The highest BCUT2D eigenvalue weighted by molar-refractivity contribution is 5.55. The third-order valence-corrected chi connectivity index (χ3v) is 7.52. The zero-order chi connectivity index (χ0) is 27.8. The Hall–Kier alpha value is -2.08. The average Bonchev–Trinajstić information content (AvgIpc) is 2.92. The molecule has 0 aliphatic rings. The Morgan fingerprint density at radius 2 is 0.816 bits per heavy atom. The van der Waals surface area contributed by atoms with Crippen molar-refractivity contribution in [1.82, 2.24) is 0 Å². The largest absolute Gasteiger partial charge is 0.0871 e. The van der Waals surface area contributed by atoms with Crippen molar-refractivity contribution < 1.29 is 0 Å². The molecule has 2 aromatic carbocycles. The summed E-state index contributed by atoms with van der Waals surface area (Å²) in [6.45, 7) is 13.1. The summed E-state index contributed by atoms with van der Waals surface area (Å²) in [4.78, 5) is 0. The summed E-state index contributed by atoms with van der Waals surface area (Å²) in [6.07, 6.45) is 30.6. The van der Waals surface area contributed by atoms with Crippen molar-refractivity contribution in [3.8, 4) is 0 Å². The van der Waals surface area contributed by atoms with Gasteiger partial charge in [-0.15, -0.1) is 0 Å².